The van der Waals surface area contributed by atoms with Crippen LogP contribution in [0.1, 0.15) is 97.9 Å². The molecule has 4 N–H and O–H groups in total. The van der Waals surface area contributed by atoms with E-state index in [1.807, 2.05) is 86.6 Å². The van der Waals surface area contributed by atoms with Crippen molar-refractivity contribution in [3.8, 4) is 23.0 Å². The summed E-state index contributed by atoms with van der Waals surface area (Å²) in [4.78, 5) is 22.7. The predicted octanol–water partition coefficient (Wildman–Crippen LogP) is 8.26. The number of carbonyl (C=O) groups is 2. The van der Waals surface area contributed by atoms with Crippen molar-refractivity contribution >= 4 is 11.6 Å². The molecule has 54 heavy (non-hydrogen) atoms. The van der Waals surface area contributed by atoms with Gasteiger partial charge in [-0.3, -0.25) is 9.59 Å². The minimum absolute atomic E-state index is 0.0217. The van der Waals surface area contributed by atoms with Gasteiger partial charge in [-0.15, -0.1) is 0 Å². The highest BCUT2D eigenvalue weighted by atomic mass is 16.5. The fraction of sp³-hybridized carbons (Fsp3) is 0.348. The smallest absolute Gasteiger partial charge is 0.154 e. The molecule has 0 saturated carbocycles. The Balaban J connectivity index is 1.41. The summed E-state index contributed by atoms with van der Waals surface area (Å²) in [5.74, 6) is 2.13. The van der Waals surface area contributed by atoms with E-state index < -0.39 is 0 Å². The zero-order valence-electron chi connectivity index (χ0n) is 32.1. The zero-order chi connectivity index (χ0) is 38.5. The molecule has 0 heterocycles. The van der Waals surface area contributed by atoms with E-state index in [0.717, 1.165) is 106 Å². The monoisotopic (exact) mass is 730 g/mol. The second-order valence-electron chi connectivity index (χ2n) is 14.2. The second-order valence-corrected chi connectivity index (χ2v) is 14.2. The summed E-state index contributed by atoms with van der Waals surface area (Å²) < 4.78 is 13.1. The van der Waals surface area contributed by atoms with Crippen LogP contribution in [0.3, 0.4) is 0 Å². The van der Waals surface area contributed by atoms with Gasteiger partial charge in [0.15, 0.2) is 11.6 Å². The number of phenols is 2. The maximum Gasteiger partial charge on any atom is 0.154 e. The molecule has 1 aliphatic rings. The Morgan fingerprint density at radius 3 is 1.11 bits per heavy atom. The van der Waals surface area contributed by atoms with Gasteiger partial charge >= 0.3 is 0 Å². The molecule has 8 bridgehead atoms. The SMILES string of the molecule is CC(=O)/C=C(/C)NCCCCOc1c2cccc1Cc1cccc(c1O)Cc1cccc(c1OCCCCN/C(C)=C\C(C)=O)Cc1cccc(c1O)C2. The standard InChI is InChI=1S/C46H54N2O6/c1-31(25-33(3)49)47-21-5-7-23-53-45-39-17-11-18-40(45)28-36-14-10-16-38(44(36)52)30-42-20-12-19-41(29-37-15-9-13-35(27-39)43(37)51)46(42)54-24-8-6-22-48-32(2)26-34(4)50/h9-20,25-26,47-48,51-52H,5-8,21-24,27-30H2,1-4H3/b31-25-,32-26-. The Hall–Kier alpha value is -5.50. The van der Waals surface area contributed by atoms with Crippen LogP contribution in [0.25, 0.3) is 0 Å². The molecule has 0 amide bonds. The highest BCUT2D eigenvalue weighted by Gasteiger charge is 2.20. The number of carbonyl (C=O) groups excluding carboxylic acids is 2. The summed E-state index contributed by atoms with van der Waals surface area (Å²) in [6, 6.07) is 24.1. The third-order valence-electron chi connectivity index (χ3n) is 9.57. The number of phenolic OH excluding ortho intramolecular Hbond substituents is 2. The van der Waals surface area contributed by atoms with Crippen LogP contribution in [0.2, 0.25) is 0 Å². The molecule has 0 spiro atoms. The lowest BCUT2D eigenvalue weighted by Crippen LogP contribution is -2.15. The first-order chi connectivity index (χ1) is 26.1. The van der Waals surface area contributed by atoms with Crippen LogP contribution in [-0.2, 0) is 35.3 Å². The van der Waals surface area contributed by atoms with Crippen molar-refractivity contribution in [2.75, 3.05) is 26.3 Å². The summed E-state index contributed by atoms with van der Waals surface area (Å²) in [5, 5.41) is 30.0. The molecule has 0 fully saturated rings. The van der Waals surface area contributed by atoms with Gasteiger partial charge in [-0.25, -0.2) is 0 Å². The largest absolute Gasteiger partial charge is 0.507 e. The molecular weight excluding hydrogens is 677 g/mol. The number of hydrogen-bond donors (Lipinski definition) is 4. The summed E-state index contributed by atoms with van der Waals surface area (Å²) in [5.41, 5.74) is 8.81. The second kappa shape index (κ2) is 19.5. The van der Waals surface area contributed by atoms with Crippen molar-refractivity contribution < 1.29 is 29.3 Å². The number of ketones is 2. The van der Waals surface area contributed by atoms with Crippen molar-refractivity contribution in [1.82, 2.24) is 10.6 Å². The number of fused-ring (bicyclic) bond motifs is 8. The molecule has 8 nitrogen and oxygen atoms in total. The molecule has 4 aromatic rings. The van der Waals surface area contributed by atoms with E-state index in [-0.39, 0.29) is 23.1 Å². The molecule has 0 radical (unpaired) electrons. The number of para-hydroxylation sites is 4. The van der Waals surface area contributed by atoms with Gasteiger partial charge < -0.3 is 30.3 Å². The third kappa shape index (κ3) is 11.3. The molecule has 0 aliphatic heterocycles. The minimum Gasteiger partial charge on any atom is -0.507 e. The van der Waals surface area contributed by atoms with Gasteiger partial charge in [0.1, 0.15) is 23.0 Å². The van der Waals surface area contributed by atoms with Crippen molar-refractivity contribution in [3.63, 3.8) is 0 Å². The van der Waals surface area contributed by atoms with E-state index in [4.69, 9.17) is 9.47 Å². The van der Waals surface area contributed by atoms with Gasteiger partial charge in [0.2, 0.25) is 0 Å². The van der Waals surface area contributed by atoms with E-state index in [2.05, 4.69) is 10.6 Å². The number of ether oxygens (including phenoxy) is 2. The molecule has 4 aromatic carbocycles. The lowest BCUT2D eigenvalue weighted by Gasteiger charge is -2.20. The van der Waals surface area contributed by atoms with Crippen molar-refractivity contribution in [2.24, 2.45) is 0 Å². The van der Waals surface area contributed by atoms with Crippen LogP contribution in [0.5, 0.6) is 23.0 Å². The molecule has 284 valence electrons. The van der Waals surface area contributed by atoms with Gasteiger partial charge in [-0.05, 0) is 110 Å². The minimum atomic E-state index is 0.0217. The van der Waals surface area contributed by atoms with E-state index in [0.29, 0.717) is 38.9 Å². The highest BCUT2D eigenvalue weighted by Crippen LogP contribution is 2.38. The van der Waals surface area contributed by atoms with Gasteiger partial charge in [-0.1, -0.05) is 72.8 Å². The van der Waals surface area contributed by atoms with Crippen molar-refractivity contribution in [1.29, 1.82) is 0 Å². The Bertz CT molecular complexity index is 1770. The average molecular weight is 731 g/mol. The molecule has 0 saturated heterocycles. The van der Waals surface area contributed by atoms with Gasteiger partial charge in [-0.2, -0.15) is 0 Å². The van der Waals surface area contributed by atoms with E-state index in [9.17, 15) is 19.8 Å². The zero-order valence-corrected chi connectivity index (χ0v) is 32.1. The van der Waals surface area contributed by atoms with Gasteiger partial charge in [0, 0.05) is 50.2 Å². The Morgan fingerprint density at radius 2 is 0.815 bits per heavy atom. The molecular formula is C46H54N2O6. The van der Waals surface area contributed by atoms with E-state index in [1.54, 1.807) is 26.0 Å². The quantitative estimate of drug-likeness (QED) is 0.0593. The third-order valence-corrected chi connectivity index (χ3v) is 9.57. The number of aromatic hydroxyl groups is 2. The van der Waals surface area contributed by atoms with Crippen LogP contribution >= 0.6 is 0 Å². The maximum absolute atomic E-state index is 11.7. The molecule has 0 unspecified atom stereocenters. The lowest BCUT2D eigenvalue weighted by molar-refractivity contribution is -0.113. The predicted molar refractivity (Wildman–Crippen MR) is 215 cm³/mol. The molecule has 0 atom stereocenters. The van der Waals surface area contributed by atoms with Gasteiger partial charge in [0.25, 0.3) is 0 Å². The van der Waals surface area contributed by atoms with Crippen LogP contribution in [-0.4, -0.2) is 48.1 Å². The van der Waals surface area contributed by atoms with Crippen molar-refractivity contribution in [2.45, 2.75) is 79.1 Å². The lowest BCUT2D eigenvalue weighted by atomic mass is 9.91. The number of allylic oxidation sites excluding steroid dienone is 4. The summed E-state index contributed by atoms with van der Waals surface area (Å²) >= 11 is 0. The van der Waals surface area contributed by atoms with Crippen LogP contribution in [0, 0.1) is 0 Å². The van der Waals surface area contributed by atoms with Crippen molar-refractivity contribution in [3.05, 3.63) is 141 Å². The molecule has 5 rings (SSSR count). The molecule has 0 aromatic heterocycles. The first kappa shape index (κ1) is 39.7. The summed E-state index contributed by atoms with van der Waals surface area (Å²) in [7, 11) is 0. The van der Waals surface area contributed by atoms with Crippen LogP contribution < -0.4 is 20.1 Å². The number of nitrogens with one attached hydrogen (secondary N) is 2. The fourth-order valence-electron chi connectivity index (χ4n) is 6.97. The molecule has 1 aliphatic carbocycles. The van der Waals surface area contributed by atoms with Gasteiger partial charge in [0.05, 0.1) is 13.2 Å². The summed E-state index contributed by atoms with van der Waals surface area (Å²) in [6.07, 6.45) is 8.47. The molecule has 8 heteroatoms. The first-order valence-corrected chi connectivity index (χ1v) is 19.0. The summed E-state index contributed by atoms with van der Waals surface area (Å²) in [6.45, 7) is 9.35. The van der Waals surface area contributed by atoms with E-state index >= 15 is 0 Å². The normalized spacial score (nSPS) is 12.9. The first-order valence-electron chi connectivity index (χ1n) is 19.0. The number of hydrogen-bond acceptors (Lipinski definition) is 8. The Kier molecular flexibility index (Phi) is 14.4. The topological polar surface area (TPSA) is 117 Å². The van der Waals surface area contributed by atoms with Crippen LogP contribution in [0.4, 0.5) is 0 Å². The highest BCUT2D eigenvalue weighted by molar-refractivity contribution is 5.88. The van der Waals surface area contributed by atoms with E-state index in [1.165, 1.54) is 0 Å². The number of rotatable bonds is 16. The maximum atomic E-state index is 11.7. The Morgan fingerprint density at radius 1 is 0.519 bits per heavy atom. The Labute approximate surface area is 319 Å². The van der Waals surface area contributed by atoms with Crippen LogP contribution in [0.15, 0.2) is 96.3 Å². The number of benzene rings is 4. The number of unbranched alkanes of at least 4 members (excludes halogenated alkanes) is 2. The fourth-order valence-corrected chi connectivity index (χ4v) is 6.97. The average Bonchev–Trinajstić information content (AvgIpc) is 3.12.